The van der Waals surface area contributed by atoms with E-state index in [1.165, 1.54) is 23.4 Å². The third kappa shape index (κ3) is 3.51. The summed E-state index contributed by atoms with van der Waals surface area (Å²) in [5.74, 6) is 0. The molecule has 0 saturated carbocycles. The zero-order valence-corrected chi connectivity index (χ0v) is 16.8. The van der Waals surface area contributed by atoms with Crippen molar-refractivity contribution in [1.29, 1.82) is 0 Å². The molecule has 2 aliphatic rings. The van der Waals surface area contributed by atoms with E-state index >= 15 is 0 Å². The summed E-state index contributed by atoms with van der Waals surface area (Å²) in [6, 6.07) is 7.56. The molecule has 0 aromatic carbocycles. The fourth-order valence-corrected chi connectivity index (χ4v) is 4.73. The van der Waals surface area contributed by atoms with E-state index in [1.54, 1.807) is 29.2 Å². The van der Waals surface area contributed by atoms with Gasteiger partial charge in [0.1, 0.15) is 0 Å². The number of aromatic nitrogens is 5. The van der Waals surface area contributed by atoms with Gasteiger partial charge in [-0.1, -0.05) is 0 Å². The first-order chi connectivity index (χ1) is 14.2. The number of hydrogen-bond donors (Lipinski definition) is 0. The Labute approximate surface area is 170 Å². The fourth-order valence-electron chi connectivity index (χ4n) is 4.73. The maximum absolute atomic E-state index is 12.5. The Morgan fingerprint density at radius 2 is 2.07 bits per heavy atom. The average molecular weight is 390 g/mol. The molecule has 1 atom stereocenters. The largest absolute Gasteiger partial charge is 0.293 e. The van der Waals surface area contributed by atoms with Crippen molar-refractivity contribution in [3.8, 4) is 11.3 Å². The number of pyridine rings is 1. The van der Waals surface area contributed by atoms with E-state index in [4.69, 9.17) is 5.10 Å². The number of hydrogen-bond acceptors (Lipinski definition) is 5. The Morgan fingerprint density at radius 3 is 2.93 bits per heavy atom. The predicted octanol–water partition coefficient (Wildman–Crippen LogP) is 2.19. The second-order valence-electron chi connectivity index (χ2n) is 8.10. The standard InChI is InChI=1S/C22H26N6O/c1-26-21(18-7-2-8-20(18)24-26)15-27-12-4-6-17(27)14-28-22(29)10-9-19(25-28)16-5-3-11-23-13-16/h3,5,9-11,13,17H,2,4,6-8,12,14-15H2,1H3. The van der Waals surface area contributed by atoms with Crippen LogP contribution < -0.4 is 5.56 Å². The Morgan fingerprint density at radius 1 is 1.14 bits per heavy atom. The van der Waals surface area contributed by atoms with Gasteiger partial charge in [-0.2, -0.15) is 10.2 Å². The summed E-state index contributed by atoms with van der Waals surface area (Å²) in [4.78, 5) is 19.1. The van der Waals surface area contributed by atoms with Gasteiger partial charge in [0.2, 0.25) is 0 Å². The second kappa shape index (κ2) is 7.55. The molecule has 3 aromatic heterocycles. The van der Waals surface area contributed by atoms with E-state index in [0.717, 1.165) is 50.0 Å². The minimum absolute atomic E-state index is 0.0501. The van der Waals surface area contributed by atoms with Crippen LogP contribution in [0.5, 0.6) is 0 Å². The Kier molecular flexibility index (Phi) is 4.75. The molecule has 1 fully saturated rings. The molecule has 7 heteroatoms. The maximum Gasteiger partial charge on any atom is 0.266 e. The summed E-state index contributed by atoms with van der Waals surface area (Å²) >= 11 is 0. The monoisotopic (exact) mass is 390 g/mol. The van der Waals surface area contributed by atoms with Gasteiger partial charge in [0.25, 0.3) is 5.56 Å². The van der Waals surface area contributed by atoms with Gasteiger partial charge in [0.05, 0.1) is 23.6 Å². The summed E-state index contributed by atoms with van der Waals surface area (Å²) < 4.78 is 3.69. The van der Waals surface area contributed by atoms with Crippen LogP contribution >= 0.6 is 0 Å². The van der Waals surface area contributed by atoms with Crippen LogP contribution in [0.3, 0.4) is 0 Å². The highest BCUT2D eigenvalue weighted by molar-refractivity contribution is 5.56. The molecule has 1 aliphatic carbocycles. The molecule has 0 amide bonds. The van der Waals surface area contributed by atoms with Crippen molar-refractivity contribution in [3.05, 3.63) is 64.0 Å². The molecular weight excluding hydrogens is 364 g/mol. The van der Waals surface area contributed by atoms with Crippen molar-refractivity contribution in [2.45, 2.75) is 51.2 Å². The number of aryl methyl sites for hydroxylation is 2. The van der Waals surface area contributed by atoms with Gasteiger partial charge < -0.3 is 0 Å². The minimum Gasteiger partial charge on any atom is -0.293 e. The third-order valence-corrected chi connectivity index (χ3v) is 6.26. The summed E-state index contributed by atoms with van der Waals surface area (Å²) in [7, 11) is 2.06. The molecule has 0 bridgehead atoms. The zero-order valence-electron chi connectivity index (χ0n) is 16.8. The van der Waals surface area contributed by atoms with Crippen molar-refractivity contribution < 1.29 is 0 Å². The topological polar surface area (TPSA) is 68.8 Å². The lowest BCUT2D eigenvalue weighted by Gasteiger charge is -2.25. The lowest BCUT2D eigenvalue weighted by Crippen LogP contribution is -2.37. The van der Waals surface area contributed by atoms with Crippen LogP contribution in [-0.4, -0.2) is 42.0 Å². The summed E-state index contributed by atoms with van der Waals surface area (Å²) in [5.41, 5.74) is 5.73. The van der Waals surface area contributed by atoms with Gasteiger partial charge in [-0.05, 0) is 62.4 Å². The smallest absolute Gasteiger partial charge is 0.266 e. The molecule has 1 saturated heterocycles. The molecule has 3 aromatic rings. The van der Waals surface area contributed by atoms with Crippen molar-refractivity contribution >= 4 is 0 Å². The highest BCUT2D eigenvalue weighted by atomic mass is 16.1. The fraction of sp³-hybridized carbons (Fsp3) is 0.455. The third-order valence-electron chi connectivity index (χ3n) is 6.26. The number of nitrogens with zero attached hydrogens (tertiary/aromatic N) is 6. The van der Waals surface area contributed by atoms with Crippen LogP contribution in [0.25, 0.3) is 11.3 Å². The van der Waals surface area contributed by atoms with Gasteiger partial charge in [-0.25, -0.2) is 4.68 Å². The first-order valence-corrected chi connectivity index (χ1v) is 10.5. The van der Waals surface area contributed by atoms with E-state index in [0.29, 0.717) is 12.6 Å². The van der Waals surface area contributed by atoms with Crippen molar-refractivity contribution in [2.24, 2.45) is 7.05 Å². The van der Waals surface area contributed by atoms with Crippen molar-refractivity contribution in [2.75, 3.05) is 6.54 Å². The van der Waals surface area contributed by atoms with E-state index in [-0.39, 0.29) is 5.56 Å². The first kappa shape index (κ1) is 18.2. The number of likely N-dealkylation sites (tertiary alicyclic amines) is 1. The van der Waals surface area contributed by atoms with Gasteiger partial charge in [-0.15, -0.1) is 0 Å². The van der Waals surface area contributed by atoms with Gasteiger partial charge in [0, 0.05) is 43.7 Å². The quantitative estimate of drug-likeness (QED) is 0.668. The van der Waals surface area contributed by atoms with E-state index in [1.807, 2.05) is 12.1 Å². The average Bonchev–Trinajstić information content (AvgIpc) is 3.43. The predicted molar refractivity (Wildman–Crippen MR) is 110 cm³/mol. The lowest BCUT2D eigenvalue weighted by molar-refractivity contribution is 0.211. The Balaban J connectivity index is 1.37. The number of rotatable bonds is 5. The molecule has 0 spiro atoms. The molecule has 150 valence electrons. The number of fused-ring (bicyclic) bond motifs is 1. The minimum atomic E-state index is -0.0501. The van der Waals surface area contributed by atoms with Gasteiger partial charge >= 0.3 is 0 Å². The highest BCUT2D eigenvalue weighted by Gasteiger charge is 2.29. The SMILES string of the molecule is Cn1nc2c(c1CN1CCCC1Cn1nc(-c3cccnc3)ccc1=O)CCC2. The van der Waals surface area contributed by atoms with Crippen LogP contribution in [0.2, 0.25) is 0 Å². The van der Waals surface area contributed by atoms with E-state index in [9.17, 15) is 4.79 Å². The second-order valence-corrected chi connectivity index (χ2v) is 8.10. The Bertz CT molecular complexity index is 1070. The molecule has 0 radical (unpaired) electrons. The van der Waals surface area contributed by atoms with E-state index < -0.39 is 0 Å². The van der Waals surface area contributed by atoms with Crippen LogP contribution in [0.1, 0.15) is 36.2 Å². The maximum atomic E-state index is 12.5. The zero-order chi connectivity index (χ0) is 19.8. The molecule has 4 heterocycles. The normalized spacial score (nSPS) is 19.0. The first-order valence-electron chi connectivity index (χ1n) is 10.5. The summed E-state index contributed by atoms with van der Waals surface area (Å²) in [5, 5.41) is 9.35. The van der Waals surface area contributed by atoms with Crippen molar-refractivity contribution in [3.63, 3.8) is 0 Å². The van der Waals surface area contributed by atoms with Gasteiger partial charge in [-0.3, -0.25) is 19.4 Å². The lowest BCUT2D eigenvalue weighted by atomic mass is 10.1. The molecule has 7 nitrogen and oxygen atoms in total. The molecule has 1 unspecified atom stereocenters. The van der Waals surface area contributed by atoms with Gasteiger partial charge in [0.15, 0.2) is 0 Å². The molecular formula is C22H26N6O. The molecule has 29 heavy (non-hydrogen) atoms. The van der Waals surface area contributed by atoms with Crippen LogP contribution in [-0.2, 0) is 33.0 Å². The molecule has 1 aliphatic heterocycles. The van der Waals surface area contributed by atoms with Crippen molar-refractivity contribution in [1.82, 2.24) is 29.4 Å². The summed E-state index contributed by atoms with van der Waals surface area (Å²) in [6.07, 6.45) is 9.23. The summed E-state index contributed by atoms with van der Waals surface area (Å²) in [6.45, 7) is 2.58. The Hall–Kier alpha value is -2.80. The van der Waals surface area contributed by atoms with Crippen LogP contribution in [0.15, 0.2) is 41.5 Å². The van der Waals surface area contributed by atoms with E-state index in [2.05, 4.69) is 26.7 Å². The van der Waals surface area contributed by atoms with Crippen LogP contribution in [0, 0.1) is 0 Å². The highest BCUT2D eigenvalue weighted by Crippen LogP contribution is 2.28. The molecule has 5 rings (SSSR count). The molecule has 0 N–H and O–H groups in total. The van der Waals surface area contributed by atoms with Crippen LogP contribution in [0.4, 0.5) is 0 Å².